The number of amides is 1. The molecular formula is C23H30N6O3S. The first-order valence-corrected chi connectivity index (χ1v) is 12.1. The molecule has 1 atom stereocenters. The Morgan fingerprint density at radius 2 is 2.03 bits per heavy atom. The van der Waals surface area contributed by atoms with Crippen molar-refractivity contribution in [2.45, 2.75) is 63.8 Å². The molecule has 2 fully saturated rings. The third-order valence-electron chi connectivity index (χ3n) is 6.59. The van der Waals surface area contributed by atoms with Crippen LogP contribution >= 0.6 is 12.2 Å². The number of nitrogens with zero attached hydrogens (tertiary/aromatic N) is 5. The average molecular weight is 471 g/mol. The van der Waals surface area contributed by atoms with Crippen molar-refractivity contribution < 1.29 is 13.9 Å². The molecule has 0 aliphatic carbocycles. The molecule has 2 saturated heterocycles. The van der Waals surface area contributed by atoms with Gasteiger partial charge in [0, 0.05) is 38.5 Å². The van der Waals surface area contributed by atoms with Crippen molar-refractivity contribution in [3.63, 3.8) is 0 Å². The molecule has 1 aromatic carbocycles. The predicted molar refractivity (Wildman–Crippen MR) is 125 cm³/mol. The van der Waals surface area contributed by atoms with Gasteiger partial charge in [0.05, 0.1) is 19.3 Å². The van der Waals surface area contributed by atoms with Gasteiger partial charge in [0.25, 0.3) is 0 Å². The van der Waals surface area contributed by atoms with Crippen LogP contribution in [0.25, 0.3) is 11.1 Å². The third kappa shape index (κ3) is 5.02. The first-order valence-electron chi connectivity index (χ1n) is 11.7. The molecule has 2 aromatic heterocycles. The van der Waals surface area contributed by atoms with Gasteiger partial charge < -0.3 is 19.5 Å². The minimum Gasteiger partial charge on any atom is -0.440 e. The van der Waals surface area contributed by atoms with E-state index in [4.69, 9.17) is 32.2 Å². The van der Waals surface area contributed by atoms with E-state index in [1.165, 1.54) is 0 Å². The number of aromatic nitrogens is 4. The number of para-hydroxylation sites is 2. The van der Waals surface area contributed by atoms with Crippen LogP contribution in [0.2, 0.25) is 0 Å². The Kier molecular flexibility index (Phi) is 6.57. The van der Waals surface area contributed by atoms with Gasteiger partial charge in [-0.15, -0.1) is 0 Å². The lowest BCUT2D eigenvalue weighted by Gasteiger charge is -2.30. The largest absolute Gasteiger partial charge is 0.440 e. The van der Waals surface area contributed by atoms with Crippen molar-refractivity contribution in [3.05, 3.63) is 40.8 Å². The number of fused-ring (bicyclic) bond motifs is 1. The highest BCUT2D eigenvalue weighted by atomic mass is 32.1. The van der Waals surface area contributed by atoms with Crippen molar-refractivity contribution in [3.8, 4) is 0 Å². The smallest absolute Gasteiger partial charge is 0.217 e. The highest BCUT2D eigenvalue weighted by molar-refractivity contribution is 7.71. The number of aryl methyl sites for hydroxylation is 1. The number of ether oxygens (including phenoxy) is 1. The van der Waals surface area contributed by atoms with Crippen LogP contribution in [0.15, 0.2) is 28.7 Å². The van der Waals surface area contributed by atoms with E-state index in [1.807, 2.05) is 33.5 Å². The SMILES string of the molecule is NC(=O)CCc1nn(CN2CCC(c3nc4ccccc4o3)CC2)c(=S)n1CC1CCCO1. The summed E-state index contributed by atoms with van der Waals surface area (Å²) in [6.07, 6.45) is 4.93. The van der Waals surface area contributed by atoms with Crippen LogP contribution < -0.4 is 5.73 Å². The average Bonchev–Trinajstić information content (AvgIpc) is 3.54. The Balaban J connectivity index is 1.25. The number of hydrogen-bond donors (Lipinski definition) is 1. The van der Waals surface area contributed by atoms with Crippen molar-refractivity contribution in [2.24, 2.45) is 5.73 Å². The summed E-state index contributed by atoms with van der Waals surface area (Å²) in [5, 5.41) is 4.76. The van der Waals surface area contributed by atoms with Gasteiger partial charge in [0.15, 0.2) is 16.2 Å². The summed E-state index contributed by atoms with van der Waals surface area (Å²) in [5.41, 5.74) is 7.15. The number of primary amides is 1. The maximum Gasteiger partial charge on any atom is 0.217 e. The minimum atomic E-state index is -0.333. The molecular weight excluding hydrogens is 440 g/mol. The van der Waals surface area contributed by atoms with Gasteiger partial charge in [0.2, 0.25) is 5.91 Å². The molecule has 5 rings (SSSR count). The summed E-state index contributed by atoms with van der Waals surface area (Å²) >= 11 is 5.77. The van der Waals surface area contributed by atoms with E-state index in [0.29, 0.717) is 30.3 Å². The zero-order valence-electron chi connectivity index (χ0n) is 18.7. The summed E-state index contributed by atoms with van der Waals surface area (Å²) in [5.74, 6) is 1.63. The molecule has 2 aliphatic heterocycles. The lowest BCUT2D eigenvalue weighted by molar-refractivity contribution is -0.118. The van der Waals surface area contributed by atoms with E-state index in [2.05, 4.69) is 9.88 Å². The van der Waals surface area contributed by atoms with Gasteiger partial charge in [-0.05, 0) is 50.0 Å². The maximum atomic E-state index is 11.3. The molecule has 0 saturated carbocycles. The molecule has 0 radical (unpaired) electrons. The van der Waals surface area contributed by atoms with E-state index >= 15 is 0 Å². The maximum absolute atomic E-state index is 11.3. The van der Waals surface area contributed by atoms with Crippen molar-refractivity contribution in [2.75, 3.05) is 19.7 Å². The zero-order valence-corrected chi connectivity index (χ0v) is 19.5. The van der Waals surface area contributed by atoms with E-state index in [-0.39, 0.29) is 18.4 Å². The molecule has 3 aromatic rings. The molecule has 9 nitrogen and oxygen atoms in total. The molecule has 1 amide bonds. The number of hydrogen-bond acceptors (Lipinski definition) is 7. The topological polar surface area (TPSA) is 104 Å². The molecule has 2 N–H and O–H groups in total. The number of piperidine rings is 1. The summed E-state index contributed by atoms with van der Waals surface area (Å²) in [6, 6.07) is 7.91. The molecule has 33 heavy (non-hydrogen) atoms. The van der Waals surface area contributed by atoms with Crippen LogP contribution in [-0.4, -0.2) is 55.9 Å². The molecule has 176 valence electrons. The second-order valence-electron chi connectivity index (χ2n) is 8.96. The van der Waals surface area contributed by atoms with E-state index in [1.54, 1.807) is 0 Å². The highest BCUT2D eigenvalue weighted by Crippen LogP contribution is 2.30. The molecule has 0 spiro atoms. The van der Waals surface area contributed by atoms with Crippen LogP contribution in [-0.2, 0) is 29.2 Å². The Labute approximate surface area is 197 Å². The van der Waals surface area contributed by atoms with Gasteiger partial charge in [-0.1, -0.05) is 12.1 Å². The van der Waals surface area contributed by atoms with Crippen LogP contribution in [0, 0.1) is 4.77 Å². The number of nitrogens with two attached hydrogens (primary N) is 1. The first-order chi connectivity index (χ1) is 16.1. The second kappa shape index (κ2) is 9.74. The molecule has 1 unspecified atom stereocenters. The number of benzene rings is 1. The standard InChI is InChI=1S/C23H30N6O3S/c24-20(30)7-8-21-26-29(23(33)28(21)14-17-4-3-13-31-17)15-27-11-9-16(10-12-27)22-25-18-5-1-2-6-19(18)32-22/h1-2,5-6,16-17H,3-4,7-15H2,(H2,24,30). The van der Waals surface area contributed by atoms with Crippen molar-refractivity contribution in [1.82, 2.24) is 24.2 Å². The first kappa shape index (κ1) is 22.2. The monoisotopic (exact) mass is 470 g/mol. The fourth-order valence-corrected chi connectivity index (χ4v) is 5.03. The minimum absolute atomic E-state index is 0.147. The summed E-state index contributed by atoms with van der Waals surface area (Å²) < 4.78 is 16.4. The van der Waals surface area contributed by atoms with Gasteiger partial charge in [-0.2, -0.15) is 5.10 Å². The molecule has 10 heteroatoms. The predicted octanol–water partition coefficient (Wildman–Crippen LogP) is 2.99. The summed E-state index contributed by atoms with van der Waals surface area (Å²) in [6.45, 7) is 3.92. The lowest BCUT2D eigenvalue weighted by Crippen LogP contribution is -2.35. The van der Waals surface area contributed by atoms with Crippen LogP contribution in [0.3, 0.4) is 0 Å². The van der Waals surface area contributed by atoms with E-state index in [0.717, 1.165) is 68.2 Å². The third-order valence-corrected chi connectivity index (χ3v) is 7.02. The number of oxazole rings is 1. The Morgan fingerprint density at radius 1 is 1.21 bits per heavy atom. The Morgan fingerprint density at radius 3 is 2.76 bits per heavy atom. The van der Waals surface area contributed by atoms with Crippen LogP contribution in [0.1, 0.15) is 49.7 Å². The van der Waals surface area contributed by atoms with Gasteiger partial charge >= 0.3 is 0 Å². The quantitative estimate of drug-likeness (QED) is 0.505. The molecule has 0 bridgehead atoms. The Bertz CT molecular complexity index is 1140. The van der Waals surface area contributed by atoms with Gasteiger partial charge in [-0.25, -0.2) is 9.67 Å². The number of rotatable bonds is 8. The number of carbonyl (C=O) groups is 1. The van der Waals surface area contributed by atoms with E-state index < -0.39 is 0 Å². The summed E-state index contributed by atoms with van der Waals surface area (Å²) in [4.78, 5) is 18.4. The molecule has 2 aliphatic rings. The van der Waals surface area contributed by atoms with Gasteiger partial charge in [0.1, 0.15) is 11.3 Å². The fraction of sp³-hybridized carbons (Fsp3) is 0.565. The van der Waals surface area contributed by atoms with E-state index in [9.17, 15) is 4.79 Å². The van der Waals surface area contributed by atoms with Crippen LogP contribution in [0.5, 0.6) is 0 Å². The lowest BCUT2D eigenvalue weighted by atomic mass is 9.97. The zero-order chi connectivity index (χ0) is 22.8. The Hall–Kier alpha value is -2.56. The highest BCUT2D eigenvalue weighted by Gasteiger charge is 2.26. The van der Waals surface area contributed by atoms with Crippen molar-refractivity contribution in [1.29, 1.82) is 0 Å². The van der Waals surface area contributed by atoms with Crippen molar-refractivity contribution >= 4 is 29.2 Å². The molecule has 4 heterocycles. The summed E-state index contributed by atoms with van der Waals surface area (Å²) in [7, 11) is 0. The number of likely N-dealkylation sites (tertiary alicyclic amines) is 1. The second-order valence-corrected chi connectivity index (χ2v) is 9.33. The van der Waals surface area contributed by atoms with Gasteiger partial charge in [-0.3, -0.25) is 9.69 Å². The van der Waals surface area contributed by atoms with Crippen LogP contribution in [0.4, 0.5) is 0 Å². The fourth-order valence-electron chi connectivity index (χ4n) is 4.75. The number of carbonyl (C=O) groups excluding carboxylic acids is 1. The normalized spacial score (nSPS) is 20.1.